The van der Waals surface area contributed by atoms with Crippen molar-refractivity contribution in [1.82, 2.24) is 5.32 Å². The fourth-order valence-corrected chi connectivity index (χ4v) is 3.51. The van der Waals surface area contributed by atoms with E-state index in [2.05, 4.69) is 5.32 Å². The molecule has 1 heterocycles. The maximum absolute atomic E-state index is 12.9. The first-order valence-corrected chi connectivity index (χ1v) is 11.1. The molecule has 0 bridgehead atoms. The van der Waals surface area contributed by atoms with E-state index in [1.165, 1.54) is 7.11 Å². The van der Waals surface area contributed by atoms with E-state index >= 15 is 0 Å². The smallest absolute Gasteiger partial charge is 0.336 e. The van der Waals surface area contributed by atoms with E-state index in [-0.39, 0.29) is 18.8 Å². The van der Waals surface area contributed by atoms with Crippen molar-refractivity contribution in [3.63, 3.8) is 0 Å². The van der Waals surface area contributed by atoms with Gasteiger partial charge in [0.25, 0.3) is 0 Å². The molecule has 0 aliphatic carbocycles. The monoisotopic (exact) mass is 524 g/mol. The number of methoxy groups -OCH3 is 1. The molecule has 0 saturated carbocycles. The molecule has 5 N–H and O–H groups in total. The summed E-state index contributed by atoms with van der Waals surface area (Å²) in [4.78, 5) is 44.6. The van der Waals surface area contributed by atoms with E-state index in [1.807, 2.05) is 0 Å². The minimum atomic E-state index is -1.26. The molecule has 0 fully saturated rings. The van der Waals surface area contributed by atoms with Gasteiger partial charge in [0.2, 0.25) is 0 Å². The van der Waals surface area contributed by atoms with E-state index in [9.17, 15) is 19.2 Å². The Labute approximate surface area is 213 Å². The number of carboxylic acid groups (broad SMARTS) is 2. The van der Waals surface area contributed by atoms with E-state index in [0.29, 0.717) is 52.9 Å². The summed E-state index contributed by atoms with van der Waals surface area (Å²) in [6.45, 7) is 4.42. The van der Waals surface area contributed by atoms with Crippen LogP contribution in [0.1, 0.15) is 25.3 Å². The second-order valence-electron chi connectivity index (χ2n) is 7.07. The number of hydrogen-bond donors (Lipinski definition) is 4. The summed E-state index contributed by atoms with van der Waals surface area (Å²) in [6, 6.07) is 7.05. The van der Waals surface area contributed by atoms with Crippen LogP contribution in [0.4, 0.5) is 0 Å². The summed E-state index contributed by atoms with van der Waals surface area (Å²) in [5.41, 5.74) is 7.70. The SMILES string of the molecule is CCOC(=O)C1=C(COCCN)NC(C)=C(C(=O)OC)[C@H]1c1ccccc1Cl.O=C(O)/C=C\C(=O)O. The quantitative estimate of drug-likeness (QED) is 0.200. The summed E-state index contributed by atoms with van der Waals surface area (Å²) in [6.07, 6.45) is 1.12. The van der Waals surface area contributed by atoms with Gasteiger partial charge in [-0.05, 0) is 25.5 Å². The first kappa shape index (κ1) is 30.4. The van der Waals surface area contributed by atoms with Gasteiger partial charge < -0.3 is 35.5 Å². The number of allylic oxidation sites excluding steroid dienone is 1. The molecule has 0 amide bonds. The predicted molar refractivity (Wildman–Crippen MR) is 130 cm³/mol. The number of carbonyl (C=O) groups excluding carboxylic acids is 2. The molecule has 196 valence electrons. The molecule has 11 nitrogen and oxygen atoms in total. The topological polar surface area (TPSA) is 174 Å². The van der Waals surface area contributed by atoms with Gasteiger partial charge in [-0.2, -0.15) is 0 Å². The van der Waals surface area contributed by atoms with Crippen LogP contribution in [-0.2, 0) is 33.4 Å². The second kappa shape index (κ2) is 15.4. The Bertz CT molecular complexity index is 1050. The lowest BCUT2D eigenvalue weighted by Crippen LogP contribution is -2.35. The van der Waals surface area contributed by atoms with Gasteiger partial charge in [-0.25, -0.2) is 19.2 Å². The highest BCUT2D eigenvalue weighted by Crippen LogP contribution is 2.41. The van der Waals surface area contributed by atoms with Gasteiger partial charge in [0.05, 0.1) is 49.7 Å². The van der Waals surface area contributed by atoms with Crippen LogP contribution in [0.3, 0.4) is 0 Å². The fraction of sp³-hybridized carbons (Fsp3) is 0.333. The van der Waals surface area contributed by atoms with Crippen molar-refractivity contribution in [2.24, 2.45) is 5.73 Å². The molecule has 0 saturated heterocycles. The normalized spacial score (nSPS) is 15.1. The first-order valence-electron chi connectivity index (χ1n) is 10.7. The number of halogens is 1. The summed E-state index contributed by atoms with van der Waals surface area (Å²) in [5, 5.41) is 19.1. The number of nitrogens with two attached hydrogens (primary N) is 1. The number of benzene rings is 1. The third kappa shape index (κ3) is 8.84. The second-order valence-corrected chi connectivity index (χ2v) is 7.48. The van der Waals surface area contributed by atoms with Crippen LogP contribution in [0.5, 0.6) is 0 Å². The molecule has 1 atom stereocenters. The molecule has 1 aromatic rings. The average Bonchev–Trinajstić information content (AvgIpc) is 2.83. The van der Waals surface area contributed by atoms with Crippen molar-refractivity contribution in [3.8, 4) is 0 Å². The van der Waals surface area contributed by atoms with Crippen molar-refractivity contribution in [3.05, 3.63) is 69.5 Å². The lowest BCUT2D eigenvalue weighted by molar-refractivity contribution is -0.139. The molecule has 1 aromatic carbocycles. The van der Waals surface area contributed by atoms with Crippen molar-refractivity contribution in [1.29, 1.82) is 0 Å². The van der Waals surface area contributed by atoms with Gasteiger partial charge >= 0.3 is 23.9 Å². The Hall–Kier alpha value is -3.67. The number of carboxylic acids is 2. The lowest BCUT2D eigenvalue weighted by Gasteiger charge is -2.31. The minimum absolute atomic E-state index is 0.109. The average molecular weight is 525 g/mol. The highest BCUT2D eigenvalue weighted by Gasteiger charge is 2.39. The van der Waals surface area contributed by atoms with Crippen LogP contribution in [0.15, 0.2) is 59.0 Å². The zero-order chi connectivity index (χ0) is 27.3. The predicted octanol–water partition coefficient (Wildman–Crippen LogP) is 1.98. The molecule has 0 spiro atoms. The summed E-state index contributed by atoms with van der Waals surface area (Å²) < 4.78 is 15.8. The highest BCUT2D eigenvalue weighted by atomic mass is 35.5. The molecular weight excluding hydrogens is 496 g/mol. The number of nitrogens with one attached hydrogen (secondary N) is 1. The van der Waals surface area contributed by atoms with Crippen LogP contribution in [0.2, 0.25) is 5.02 Å². The van der Waals surface area contributed by atoms with Gasteiger partial charge in [0, 0.05) is 29.4 Å². The van der Waals surface area contributed by atoms with Crippen molar-refractivity contribution in [2.45, 2.75) is 19.8 Å². The van der Waals surface area contributed by atoms with Crippen molar-refractivity contribution >= 4 is 35.5 Å². The zero-order valence-electron chi connectivity index (χ0n) is 20.1. The van der Waals surface area contributed by atoms with E-state index in [4.69, 9.17) is 41.8 Å². The third-order valence-electron chi connectivity index (χ3n) is 4.64. The molecule has 0 unspecified atom stereocenters. The molecule has 0 radical (unpaired) electrons. The largest absolute Gasteiger partial charge is 0.478 e. The molecule has 36 heavy (non-hydrogen) atoms. The molecule has 2 rings (SSSR count). The van der Waals surface area contributed by atoms with Crippen LogP contribution in [0.25, 0.3) is 0 Å². The van der Waals surface area contributed by atoms with Gasteiger partial charge in [-0.3, -0.25) is 0 Å². The van der Waals surface area contributed by atoms with Gasteiger partial charge in [-0.1, -0.05) is 29.8 Å². The molecular formula is C24H29ClN2O9. The van der Waals surface area contributed by atoms with Gasteiger partial charge in [0.1, 0.15) is 0 Å². The maximum Gasteiger partial charge on any atom is 0.336 e. The number of ether oxygens (including phenoxy) is 3. The lowest BCUT2D eigenvalue weighted by atomic mass is 9.80. The Kier molecular flexibility index (Phi) is 12.9. The zero-order valence-corrected chi connectivity index (χ0v) is 20.8. The number of aliphatic carboxylic acids is 2. The number of dihydropyridines is 1. The molecule has 12 heteroatoms. The van der Waals surface area contributed by atoms with E-state index in [1.54, 1.807) is 38.1 Å². The van der Waals surface area contributed by atoms with E-state index in [0.717, 1.165) is 0 Å². The molecule has 1 aliphatic rings. The molecule has 0 aromatic heterocycles. The Balaban J connectivity index is 0.000000697. The number of hydrogen-bond acceptors (Lipinski definition) is 9. The van der Waals surface area contributed by atoms with Crippen molar-refractivity contribution in [2.75, 3.05) is 33.5 Å². The Morgan fingerprint density at radius 3 is 2.19 bits per heavy atom. The Morgan fingerprint density at radius 1 is 1.08 bits per heavy atom. The van der Waals surface area contributed by atoms with Crippen LogP contribution in [-0.4, -0.2) is 67.6 Å². The summed E-state index contributed by atoms with van der Waals surface area (Å²) in [7, 11) is 1.29. The van der Waals surface area contributed by atoms with Gasteiger partial charge in [-0.15, -0.1) is 0 Å². The molecule has 1 aliphatic heterocycles. The van der Waals surface area contributed by atoms with Gasteiger partial charge in [0.15, 0.2) is 0 Å². The summed E-state index contributed by atoms with van der Waals surface area (Å²) in [5.74, 6) is -4.38. The van der Waals surface area contributed by atoms with Crippen LogP contribution >= 0.6 is 11.6 Å². The maximum atomic E-state index is 12.9. The fourth-order valence-electron chi connectivity index (χ4n) is 3.26. The van der Waals surface area contributed by atoms with Crippen LogP contribution in [0, 0.1) is 0 Å². The number of rotatable bonds is 10. The summed E-state index contributed by atoms with van der Waals surface area (Å²) >= 11 is 6.42. The first-order chi connectivity index (χ1) is 17.1. The number of carbonyl (C=O) groups is 4. The Morgan fingerprint density at radius 2 is 1.69 bits per heavy atom. The van der Waals surface area contributed by atoms with E-state index < -0.39 is 29.8 Å². The standard InChI is InChI=1S/C20H25ClN2O5.C4H4O4/c1-4-28-20(25)18-15(11-27-10-9-22)23-12(2)16(19(24)26-3)17(18)13-7-5-6-8-14(13)21;5-3(6)1-2-4(7)8/h5-8,17,23H,4,9-11,22H2,1-3H3;1-2H,(H,5,6)(H,7,8)/b;2-1-/t17-;/m1./s1. The highest BCUT2D eigenvalue weighted by molar-refractivity contribution is 6.31. The third-order valence-corrected chi connectivity index (χ3v) is 4.98. The van der Waals surface area contributed by atoms with Crippen LogP contribution < -0.4 is 11.1 Å². The van der Waals surface area contributed by atoms with Crippen molar-refractivity contribution < 1.29 is 43.6 Å². The minimum Gasteiger partial charge on any atom is -0.478 e. The number of esters is 2.